The highest BCUT2D eigenvalue weighted by atomic mass is 16.4. The third kappa shape index (κ3) is 4.82. The number of likely N-dealkylation sites (N-methyl/N-ethyl adjacent to an activating group) is 1. The summed E-state index contributed by atoms with van der Waals surface area (Å²) in [6, 6.07) is -0.541. The number of nitrogens with zero attached hydrogens (tertiary/aromatic N) is 1. The minimum atomic E-state index is -0.866. The Labute approximate surface area is 78.1 Å². The highest BCUT2D eigenvalue weighted by Gasteiger charge is 2.20. The molecule has 1 unspecified atom stereocenters. The molecule has 0 bridgehead atoms. The topological polar surface area (TPSA) is 86.8 Å². The van der Waals surface area contributed by atoms with Gasteiger partial charge in [0.2, 0.25) is 0 Å². The first-order valence-electron chi connectivity index (χ1n) is 4.26. The van der Waals surface area contributed by atoms with Crippen molar-refractivity contribution in [2.24, 2.45) is 5.73 Å². The van der Waals surface area contributed by atoms with Crippen LogP contribution in [0.1, 0.15) is 12.8 Å². The minimum Gasteiger partial charge on any atom is -0.480 e. The summed E-state index contributed by atoms with van der Waals surface area (Å²) in [6.07, 6.45) is 0.244. The number of hydrogen-bond acceptors (Lipinski definition) is 4. The number of carboxylic acids is 1. The van der Waals surface area contributed by atoms with E-state index in [2.05, 4.69) is 0 Å². The average Bonchev–Trinajstić information content (AvgIpc) is 2.03. The Bertz CT molecular complexity index is 161. The SMILES string of the molecule is CN(C)[C@@H](CCC(O)CN)C(=O)O. The number of carboxylic acid groups (broad SMARTS) is 1. The molecule has 0 aliphatic rings. The number of nitrogens with two attached hydrogens (primary N) is 1. The van der Waals surface area contributed by atoms with Gasteiger partial charge in [-0.2, -0.15) is 0 Å². The zero-order valence-electron chi connectivity index (χ0n) is 8.10. The molecule has 13 heavy (non-hydrogen) atoms. The Hall–Kier alpha value is -0.650. The van der Waals surface area contributed by atoms with Crippen LogP contribution in [-0.2, 0) is 4.79 Å². The van der Waals surface area contributed by atoms with Crippen molar-refractivity contribution in [1.29, 1.82) is 0 Å². The van der Waals surface area contributed by atoms with Crippen LogP contribution in [0.2, 0.25) is 0 Å². The molecule has 0 aromatic carbocycles. The summed E-state index contributed by atoms with van der Waals surface area (Å²) in [4.78, 5) is 12.3. The van der Waals surface area contributed by atoms with Crippen LogP contribution in [0, 0.1) is 0 Å². The Morgan fingerprint density at radius 2 is 2.00 bits per heavy atom. The van der Waals surface area contributed by atoms with Gasteiger partial charge in [-0.05, 0) is 26.9 Å². The molecule has 4 N–H and O–H groups in total. The summed E-state index contributed by atoms with van der Waals surface area (Å²) in [5.74, 6) is -0.866. The van der Waals surface area contributed by atoms with Crippen LogP contribution in [-0.4, -0.2) is 53.9 Å². The van der Waals surface area contributed by atoms with Gasteiger partial charge in [-0.25, -0.2) is 0 Å². The number of hydrogen-bond donors (Lipinski definition) is 3. The van der Waals surface area contributed by atoms with Gasteiger partial charge in [-0.3, -0.25) is 9.69 Å². The Balaban J connectivity index is 3.90. The van der Waals surface area contributed by atoms with Gasteiger partial charge in [0.1, 0.15) is 6.04 Å². The molecule has 0 fully saturated rings. The summed E-state index contributed by atoms with van der Waals surface area (Å²) >= 11 is 0. The highest BCUT2D eigenvalue weighted by Crippen LogP contribution is 2.05. The zero-order chi connectivity index (χ0) is 10.4. The van der Waals surface area contributed by atoms with Gasteiger partial charge >= 0.3 is 5.97 Å². The fourth-order valence-electron chi connectivity index (χ4n) is 1.07. The van der Waals surface area contributed by atoms with Crippen molar-refractivity contribution in [2.75, 3.05) is 20.6 Å². The molecule has 0 heterocycles. The van der Waals surface area contributed by atoms with Crippen LogP contribution < -0.4 is 5.73 Å². The van der Waals surface area contributed by atoms with Crippen LogP contribution >= 0.6 is 0 Å². The lowest BCUT2D eigenvalue weighted by Crippen LogP contribution is -2.36. The first-order valence-corrected chi connectivity index (χ1v) is 4.26. The first kappa shape index (κ1) is 12.3. The van der Waals surface area contributed by atoms with Crippen molar-refractivity contribution >= 4 is 5.97 Å². The number of rotatable bonds is 6. The molecule has 0 aliphatic carbocycles. The molecule has 0 aromatic heterocycles. The molecule has 0 rings (SSSR count). The number of aliphatic hydroxyl groups excluding tert-OH is 1. The van der Waals surface area contributed by atoms with E-state index in [1.165, 1.54) is 0 Å². The molecule has 0 aromatic rings. The van der Waals surface area contributed by atoms with Gasteiger partial charge in [0.05, 0.1) is 6.10 Å². The van der Waals surface area contributed by atoms with Crippen LogP contribution in [0.3, 0.4) is 0 Å². The summed E-state index contributed by atoms with van der Waals surface area (Å²) in [5, 5.41) is 17.9. The fraction of sp³-hybridized carbons (Fsp3) is 0.875. The van der Waals surface area contributed by atoms with Gasteiger partial charge in [-0.15, -0.1) is 0 Å². The van der Waals surface area contributed by atoms with Crippen molar-refractivity contribution in [3.63, 3.8) is 0 Å². The molecule has 5 nitrogen and oxygen atoms in total. The van der Waals surface area contributed by atoms with Crippen molar-refractivity contribution in [1.82, 2.24) is 4.90 Å². The van der Waals surface area contributed by atoms with Gasteiger partial charge in [-0.1, -0.05) is 0 Å². The molecule has 2 atom stereocenters. The second-order valence-corrected chi connectivity index (χ2v) is 3.28. The van der Waals surface area contributed by atoms with E-state index in [1.807, 2.05) is 0 Å². The lowest BCUT2D eigenvalue weighted by molar-refractivity contribution is -0.142. The molecule has 0 aliphatic heterocycles. The van der Waals surface area contributed by atoms with Crippen LogP contribution in [0.5, 0.6) is 0 Å². The molecule has 78 valence electrons. The maximum absolute atomic E-state index is 10.7. The maximum Gasteiger partial charge on any atom is 0.320 e. The molecule has 0 radical (unpaired) electrons. The second kappa shape index (κ2) is 5.90. The summed E-state index contributed by atoms with van der Waals surface area (Å²) in [7, 11) is 3.40. The van der Waals surface area contributed by atoms with E-state index >= 15 is 0 Å². The summed E-state index contributed by atoms with van der Waals surface area (Å²) < 4.78 is 0. The largest absolute Gasteiger partial charge is 0.480 e. The van der Waals surface area contributed by atoms with Gasteiger partial charge in [0.15, 0.2) is 0 Å². The van der Waals surface area contributed by atoms with Gasteiger partial charge in [0, 0.05) is 6.54 Å². The third-order valence-electron chi connectivity index (χ3n) is 1.95. The average molecular weight is 190 g/mol. The lowest BCUT2D eigenvalue weighted by Gasteiger charge is -2.20. The van der Waals surface area contributed by atoms with E-state index < -0.39 is 18.1 Å². The summed E-state index contributed by atoms with van der Waals surface area (Å²) in [5.41, 5.74) is 5.20. The third-order valence-corrected chi connectivity index (χ3v) is 1.95. The zero-order valence-corrected chi connectivity index (χ0v) is 8.10. The molecule has 0 saturated carbocycles. The second-order valence-electron chi connectivity index (χ2n) is 3.28. The standard InChI is InChI=1S/C8H18N2O3/c1-10(2)7(8(12)13)4-3-6(11)5-9/h6-7,11H,3-5,9H2,1-2H3,(H,12,13)/t6?,7-/m0/s1. The Kier molecular flexibility index (Phi) is 5.61. The van der Waals surface area contributed by atoms with E-state index in [0.717, 1.165) is 0 Å². The Morgan fingerprint density at radius 1 is 1.46 bits per heavy atom. The van der Waals surface area contributed by atoms with Crippen LogP contribution in [0.25, 0.3) is 0 Å². The van der Waals surface area contributed by atoms with E-state index in [0.29, 0.717) is 12.8 Å². The van der Waals surface area contributed by atoms with E-state index in [1.54, 1.807) is 19.0 Å². The highest BCUT2D eigenvalue weighted by molar-refractivity contribution is 5.73. The smallest absolute Gasteiger partial charge is 0.320 e. The van der Waals surface area contributed by atoms with Crippen molar-refractivity contribution in [3.8, 4) is 0 Å². The quantitative estimate of drug-likeness (QED) is 0.505. The molecular weight excluding hydrogens is 172 g/mol. The molecule has 5 heteroatoms. The maximum atomic E-state index is 10.7. The van der Waals surface area contributed by atoms with Crippen LogP contribution in [0.4, 0.5) is 0 Å². The summed E-state index contributed by atoms with van der Waals surface area (Å²) in [6.45, 7) is 0.180. The van der Waals surface area contributed by atoms with Gasteiger partial charge in [0.25, 0.3) is 0 Å². The minimum absolute atomic E-state index is 0.180. The Morgan fingerprint density at radius 3 is 2.31 bits per heavy atom. The van der Waals surface area contributed by atoms with Gasteiger partial charge < -0.3 is 15.9 Å². The van der Waals surface area contributed by atoms with E-state index in [-0.39, 0.29) is 6.54 Å². The van der Waals surface area contributed by atoms with E-state index in [9.17, 15) is 4.79 Å². The van der Waals surface area contributed by atoms with Crippen molar-refractivity contribution in [2.45, 2.75) is 25.0 Å². The van der Waals surface area contributed by atoms with Crippen molar-refractivity contribution in [3.05, 3.63) is 0 Å². The molecule has 0 amide bonds. The van der Waals surface area contributed by atoms with Crippen LogP contribution in [0.15, 0.2) is 0 Å². The first-order chi connectivity index (χ1) is 5.99. The normalized spacial score (nSPS) is 15.8. The number of carbonyl (C=O) groups is 1. The fourth-order valence-corrected chi connectivity index (χ4v) is 1.07. The predicted octanol–water partition coefficient (Wildman–Crippen LogP) is -0.899. The molecular formula is C8H18N2O3. The van der Waals surface area contributed by atoms with E-state index in [4.69, 9.17) is 15.9 Å². The monoisotopic (exact) mass is 190 g/mol. The number of aliphatic carboxylic acids is 1. The lowest BCUT2D eigenvalue weighted by atomic mass is 10.1. The van der Waals surface area contributed by atoms with Crippen molar-refractivity contribution < 1.29 is 15.0 Å². The molecule has 0 spiro atoms. The molecule has 0 saturated heterocycles. The number of aliphatic hydroxyl groups is 1. The predicted molar refractivity (Wildman–Crippen MR) is 49.4 cm³/mol.